The average Bonchev–Trinajstić information content (AvgIpc) is 3.28. The summed E-state index contributed by atoms with van der Waals surface area (Å²) in [6.45, 7) is 3.52. The highest BCUT2D eigenvalue weighted by Crippen LogP contribution is 2.42. The number of aryl methyl sites for hydroxylation is 1. The van der Waals surface area contributed by atoms with Gasteiger partial charge < -0.3 is 14.0 Å². The molecule has 0 unspecified atom stereocenters. The van der Waals surface area contributed by atoms with Crippen LogP contribution < -0.4 is 9.47 Å². The van der Waals surface area contributed by atoms with E-state index in [1.165, 1.54) is 11.6 Å². The maximum atomic E-state index is 14.5. The number of ether oxygens (including phenoxy) is 2. The second-order valence-corrected chi connectivity index (χ2v) is 8.22. The molecule has 0 aliphatic carbocycles. The molecule has 3 heterocycles. The predicted molar refractivity (Wildman–Crippen MR) is 125 cm³/mol. The predicted octanol–water partition coefficient (Wildman–Crippen LogP) is 5.72. The third-order valence-electron chi connectivity index (χ3n) is 6.20. The molecule has 33 heavy (non-hydrogen) atoms. The van der Waals surface area contributed by atoms with E-state index in [1.54, 1.807) is 6.07 Å². The molecule has 0 fully saturated rings. The van der Waals surface area contributed by atoms with Crippen LogP contribution in [0.3, 0.4) is 0 Å². The Hall–Kier alpha value is -3.93. The largest absolute Gasteiger partial charge is 0.486 e. The minimum atomic E-state index is -0.232. The van der Waals surface area contributed by atoms with Crippen molar-refractivity contribution in [3.8, 4) is 34.0 Å². The van der Waals surface area contributed by atoms with Crippen LogP contribution >= 0.6 is 0 Å². The second kappa shape index (κ2) is 7.89. The summed E-state index contributed by atoms with van der Waals surface area (Å²) in [5.74, 6) is 1.14. The Kier molecular flexibility index (Phi) is 4.72. The van der Waals surface area contributed by atoms with Crippen LogP contribution in [0.1, 0.15) is 18.1 Å². The third-order valence-corrected chi connectivity index (χ3v) is 6.20. The second-order valence-electron chi connectivity index (χ2n) is 8.22. The van der Waals surface area contributed by atoms with Crippen LogP contribution in [-0.2, 0) is 13.0 Å². The molecule has 5 nitrogen and oxygen atoms in total. The molecule has 0 amide bonds. The topological polar surface area (TPSA) is 49.2 Å². The lowest BCUT2D eigenvalue weighted by Gasteiger charge is -2.21. The van der Waals surface area contributed by atoms with Gasteiger partial charge in [0.05, 0.1) is 12.1 Å². The van der Waals surface area contributed by atoms with E-state index in [4.69, 9.17) is 9.47 Å². The summed E-state index contributed by atoms with van der Waals surface area (Å²) in [7, 11) is 0. The van der Waals surface area contributed by atoms with Gasteiger partial charge in [0, 0.05) is 34.3 Å². The van der Waals surface area contributed by atoms with Gasteiger partial charge in [0.15, 0.2) is 11.5 Å². The molecule has 3 aliphatic rings. The number of nitrogens with zero attached hydrogens (tertiary/aromatic N) is 3. The highest BCUT2D eigenvalue weighted by atomic mass is 19.1. The van der Waals surface area contributed by atoms with Crippen LogP contribution in [0.4, 0.5) is 4.39 Å². The molecule has 0 saturated heterocycles. The van der Waals surface area contributed by atoms with Gasteiger partial charge >= 0.3 is 0 Å². The van der Waals surface area contributed by atoms with Crippen molar-refractivity contribution in [3.05, 3.63) is 83.8 Å². The number of hydrogen-bond acceptors (Lipinski definition) is 4. The number of rotatable bonds is 4. The van der Waals surface area contributed by atoms with Gasteiger partial charge in [-0.3, -0.25) is 0 Å². The van der Waals surface area contributed by atoms with Crippen LogP contribution in [-0.4, -0.2) is 28.0 Å². The van der Waals surface area contributed by atoms with E-state index < -0.39 is 0 Å². The lowest BCUT2D eigenvalue weighted by molar-refractivity contribution is 0.172. The number of benzene rings is 3. The van der Waals surface area contributed by atoms with Gasteiger partial charge in [-0.15, -0.1) is 10.2 Å². The molecule has 0 radical (unpaired) electrons. The van der Waals surface area contributed by atoms with Gasteiger partial charge in [-0.2, -0.15) is 0 Å². The maximum Gasteiger partial charge on any atom is 0.163 e. The summed E-state index contributed by atoms with van der Waals surface area (Å²) in [5, 5.41) is 9.99. The molecule has 6 heteroatoms. The van der Waals surface area contributed by atoms with Crippen molar-refractivity contribution in [1.29, 1.82) is 0 Å². The highest BCUT2D eigenvalue weighted by Gasteiger charge is 2.23. The fourth-order valence-corrected chi connectivity index (χ4v) is 4.42. The van der Waals surface area contributed by atoms with Gasteiger partial charge in [-0.25, -0.2) is 4.39 Å². The Labute approximate surface area is 190 Å². The molecular weight excluding hydrogens is 417 g/mol. The first-order valence-corrected chi connectivity index (χ1v) is 11.1. The van der Waals surface area contributed by atoms with Crippen molar-refractivity contribution in [1.82, 2.24) is 14.8 Å². The third kappa shape index (κ3) is 3.39. The van der Waals surface area contributed by atoms with E-state index >= 15 is 0 Å². The summed E-state index contributed by atoms with van der Waals surface area (Å²) in [4.78, 5) is 0. The number of fused-ring (bicyclic) bond motifs is 4. The molecule has 164 valence electrons. The standard InChI is InChI=1S/C27H22FN3O2/c1-2-17-7-9-18(10-8-17)26-21-16-31(15-19-5-3-4-6-22(19)28)23-14-25-24(32-11-12-33-25)13-20(23)27(21)30-29-26/h3-10,13-14,16H,2,11-12,15H2,1H3. The molecule has 0 saturated carbocycles. The van der Waals surface area contributed by atoms with Crippen LogP contribution in [0.2, 0.25) is 0 Å². The lowest BCUT2D eigenvalue weighted by Crippen LogP contribution is -2.16. The van der Waals surface area contributed by atoms with E-state index in [-0.39, 0.29) is 5.82 Å². The van der Waals surface area contributed by atoms with Gasteiger partial charge in [0.25, 0.3) is 0 Å². The van der Waals surface area contributed by atoms with E-state index in [0.29, 0.717) is 36.8 Å². The first-order valence-electron chi connectivity index (χ1n) is 11.1. The van der Waals surface area contributed by atoms with Crippen molar-refractivity contribution in [2.24, 2.45) is 0 Å². The van der Waals surface area contributed by atoms with Crippen molar-refractivity contribution < 1.29 is 13.9 Å². The number of aromatic nitrogens is 3. The Bertz CT molecular complexity index is 1440. The van der Waals surface area contributed by atoms with E-state index in [1.807, 2.05) is 35.0 Å². The van der Waals surface area contributed by atoms with Crippen molar-refractivity contribution in [2.75, 3.05) is 13.2 Å². The molecule has 0 N–H and O–H groups in total. The van der Waals surface area contributed by atoms with E-state index in [0.717, 1.165) is 39.8 Å². The van der Waals surface area contributed by atoms with Gasteiger partial charge in [0.1, 0.15) is 30.4 Å². The monoisotopic (exact) mass is 439 g/mol. The molecule has 0 bridgehead atoms. The summed E-state index contributed by atoms with van der Waals surface area (Å²) >= 11 is 0. The zero-order valence-corrected chi connectivity index (χ0v) is 18.2. The fraction of sp³-hybridized carbons (Fsp3) is 0.185. The minimum absolute atomic E-state index is 0.232. The first-order chi connectivity index (χ1) is 16.2. The number of hydrogen-bond donors (Lipinski definition) is 0. The summed E-state index contributed by atoms with van der Waals surface area (Å²) in [5.41, 5.74) is 6.30. The molecule has 3 aliphatic heterocycles. The van der Waals surface area contributed by atoms with Crippen molar-refractivity contribution in [3.63, 3.8) is 0 Å². The summed E-state index contributed by atoms with van der Waals surface area (Å²) in [6.07, 6.45) is 3.00. The number of halogens is 1. The zero-order valence-electron chi connectivity index (χ0n) is 18.2. The molecule has 0 aromatic heterocycles. The van der Waals surface area contributed by atoms with Crippen LogP contribution in [0, 0.1) is 5.82 Å². The minimum Gasteiger partial charge on any atom is -0.486 e. The van der Waals surface area contributed by atoms with Gasteiger partial charge in [0.2, 0.25) is 0 Å². The highest BCUT2D eigenvalue weighted by molar-refractivity contribution is 5.99. The molecule has 3 aromatic carbocycles. The summed E-state index contributed by atoms with van der Waals surface area (Å²) in [6, 6.07) is 19.2. The van der Waals surface area contributed by atoms with E-state index in [2.05, 4.69) is 41.4 Å². The quantitative estimate of drug-likeness (QED) is 0.359. The van der Waals surface area contributed by atoms with Crippen LogP contribution in [0.25, 0.3) is 33.4 Å². The number of pyridine rings is 1. The lowest BCUT2D eigenvalue weighted by atomic mass is 10.00. The SMILES string of the molecule is CCc1ccc(-c2nnc3c4cc5c(cc4n(Cc4ccccc4F)cc2-3)OCCO5)cc1. The normalized spacial score (nSPS) is 13.0. The maximum absolute atomic E-state index is 14.5. The smallest absolute Gasteiger partial charge is 0.163 e. The fourth-order valence-electron chi connectivity index (χ4n) is 4.42. The van der Waals surface area contributed by atoms with Crippen molar-refractivity contribution >= 4 is 10.9 Å². The van der Waals surface area contributed by atoms with Gasteiger partial charge in [-0.05, 0) is 24.1 Å². The van der Waals surface area contributed by atoms with Crippen LogP contribution in [0.15, 0.2) is 66.9 Å². The Morgan fingerprint density at radius 1 is 0.909 bits per heavy atom. The summed E-state index contributed by atoms with van der Waals surface area (Å²) < 4.78 is 28.2. The molecule has 0 spiro atoms. The van der Waals surface area contributed by atoms with Crippen molar-refractivity contribution in [2.45, 2.75) is 19.9 Å². The zero-order chi connectivity index (χ0) is 22.4. The van der Waals surface area contributed by atoms with E-state index in [9.17, 15) is 4.39 Å². The Morgan fingerprint density at radius 2 is 1.64 bits per heavy atom. The molecule has 0 atom stereocenters. The Morgan fingerprint density at radius 3 is 2.39 bits per heavy atom. The van der Waals surface area contributed by atoms with Crippen LogP contribution in [0.5, 0.6) is 11.5 Å². The molecule has 3 aromatic rings. The van der Waals surface area contributed by atoms with Gasteiger partial charge in [-0.1, -0.05) is 49.4 Å². The molecule has 6 rings (SSSR count). The Balaban J connectivity index is 1.58. The first kappa shape index (κ1) is 19.7. The molecular formula is C27H22FN3O2. The average molecular weight is 439 g/mol.